The Kier molecular flexibility index (Phi) is 4.65. The summed E-state index contributed by atoms with van der Waals surface area (Å²) in [4.78, 5) is 12.1. The summed E-state index contributed by atoms with van der Waals surface area (Å²) in [5, 5.41) is 12.9. The van der Waals surface area contributed by atoms with Gasteiger partial charge < -0.3 is 15.2 Å². The highest BCUT2D eigenvalue weighted by atomic mass is 16.6. The standard InChI is InChI=1S/C16H22N2O3/c1-16(2,3)21-15(20)18-8-6-13-10-12(4-5-14(13)18)11-17-7-9-19/h4-6,8,10,17,19H,7,9,11H2,1-3H3. The van der Waals surface area contributed by atoms with Crippen LogP contribution in [0, 0.1) is 0 Å². The Bertz CT molecular complexity index is 626. The lowest BCUT2D eigenvalue weighted by atomic mass is 10.1. The zero-order valence-corrected chi connectivity index (χ0v) is 12.7. The molecule has 5 nitrogen and oxygen atoms in total. The van der Waals surface area contributed by atoms with Crippen LogP contribution in [-0.2, 0) is 11.3 Å². The van der Waals surface area contributed by atoms with Crippen LogP contribution < -0.4 is 5.32 Å². The fraction of sp³-hybridized carbons (Fsp3) is 0.438. The van der Waals surface area contributed by atoms with Gasteiger partial charge in [-0.25, -0.2) is 4.79 Å². The number of hydrogen-bond acceptors (Lipinski definition) is 4. The minimum atomic E-state index is -0.512. The molecule has 0 aliphatic carbocycles. The van der Waals surface area contributed by atoms with Crippen LogP contribution in [0.15, 0.2) is 30.5 Å². The lowest BCUT2D eigenvalue weighted by Crippen LogP contribution is -2.26. The van der Waals surface area contributed by atoms with Crippen molar-refractivity contribution >= 4 is 17.0 Å². The third-order valence-electron chi connectivity index (χ3n) is 2.96. The second-order valence-electron chi connectivity index (χ2n) is 5.96. The van der Waals surface area contributed by atoms with Crippen molar-refractivity contribution < 1.29 is 14.6 Å². The number of aliphatic hydroxyl groups excluding tert-OH is 1. The molecule has 0 amide bonds. The number of nitrogens with zero attached hydrogens (tertiary/aromatic N) is 1. The van der Waals surface area contributed by atoms with E-state index in [1.54, 1.807) is 6.20 Å². The summed E-state index contributed by atoms with van der Waals surface area (Å²) in [7, 11) is 0. The Morgan fingerprint density at radius 2 is 2.10 bits per heavy atom. The first-order valence-corrected chi connectivity index (χ1v) is 7.05. The Labute approximate surface area is 124 Å². The number of aromatic nitrogens is 1. The van der Waals surface area contributed by atoms with Crippen molar-refractivity contribution in [2.24, 2.45) is 0 Å². The molecule has 0 radical (unpaired) electrons. The molecule has 0 aliphatic heterocycles. The molecule has 114 valence electrons. The minimum Gasteiger partial charge on any atom is -0.443 e. The fourth-order valence-electron chi connectivity index (χ4n) is 2.08. The average molecular weight is 290 g/mol. The van der Waals surface area contributed by atoms with E-state index in [0.717, 1.165) is 16.5 Å². The van der Waals surface area contributed by atoms with Crippen LogP contribution in [0.2, 0.25) is 0 Å². The number of carbonyl (C=O) groups is 1. The first-order valence-electron chi connectivity index (χ1n) is 7.05. The highest BCUT2D eigenvalue weighted by Crippen LogP contribution is 2.19. The van der Waals surface area contributed by atoms with Gasteiger partial charge in [-0.2, -0.15) is 0 Å². The van der Waals surface area contributed by atoms with Gasteiger partial charge in [0.15, 0.2) is 0 Å². The largest absolute Gasteiger partial charge is 0.443 e. The molecule has 0 saturated carbocycles. The van der Waals surface area contributed by atoms with E-state index in [9.17, 15) is 4.79 Å². The third kappa shape index (κ3) is 4.06. The van der Waals surface area contributed by atoms with Crippen LogP contribution in [0.5, 0.6) is 0 Å². The number of aliphatic hydroxyl groups is 1. The predicted molar refractivity (Wildman–Crippen MR) is 82.4 cm³/mol. The number of ether oxygens (including phenoxy) is 1. The lowest BCUT2D eigenvalue weighted by molar-refractivity contribution is 0.0544. The Morgan fingerprint density at radius 1 is 1.33 bits per heavy atom. The van der Waals surface area contributed by atoms with Gasteiger partial charge >= 0.3 is 6.09 Å². The molecule has 0 spiro atoms. The van der Waals surface area contributed by atoms with Gasteiger partial charge in [-0.05, 0) is 44.5 Å². The summed E-state index contributed by atoms with van der Waals surface area (Å²) in [5.74, 6) is 0. The molecule has 0 unspecified atom stereocenters. The molecule has 2 N–H and O–H groups in total. The Balaban J connectivity index is 2.19. The molecule has 2 aromatic rings. The van der Waals surface area contributed by atoms with Gasteiger partial charge in [-0.15, -0.1) is 0 Å². The summed E-state index contributed by atoms with van der Waals surface area (Å²) in [5.41, 5.74) is 1.43. The molecular weight excluding hydrogens is 268 g/mol. The first kappa shape index (κ1) is 15.5. The normalized spacial score (nSPS) is 11.8. The van der Waals surface area contributed by atoms with Gasteiger partial charge in [0.25, 0.3) is 0 Å². The SMILES string of the molecule is CC(C)(C)OC(=O)n1ccc2cc(CNCCO)ccc21. The zero-order chi connectivity index (χ0) is 15.5. The summed E-state index contributed by atoms with van der Waals surface area (Å²) in [6, 6.07) is 7.80. The molecule has 1 aromatic heterocycles. The van der Waals surface area contributed by atoms with E-state index < -0.39 is 5.60 Å². The van der Waals surface area contributed by atoms with E-state index in [2.05, 4.69) is 5.32 Å². The van der Waals surface area contributed by atoms with Gasteiger partial charge in [0.1, 0.15) is 5.60 Å². The van der Waals surface area contributed by atoms with Crippen molar-refractivity contribution in [1.29, 1.82) is 0 Å². The maximum absolute atomic E-state index is 12.1. The summed E-state index contributed by atoms with van der Waals surface area (Å²) in [6.07, 6.45) is 1.35. The van der Waals surface area contributed by atoms with E-state index in [1.165, 1.54) is 4.57 Å². The van der Waals surface area contributed by atoms with Crippen LogP contribution in [0.3, 0.4) is 0 Å². The van der Waals surface area contributed by atoms with E-state index in [0.29, 0.717) is 13.1 Å². The van der Waals surface area contributed by atoms with Gasteiger partial charge in [0.05, 0.1) is 12.1 Å². The van der Waals surface area contributed by atoms with Crippen molar-refractivity contribution in [3.05, 3.63) is 36.0 Å². The van der Waals surface area contributed by atoms with E-state index in [-0.39, 0.29) is 12.7 Å². The molecule has 0 atom stereocenters. The van der Waals surface area contributed by atoms with Crippen LogP contribution in [0.1, 0.15) is 26.3 Å². The molecule has 2 rings (SSSR count). The van der Waals surface area contributed by atoms with E-state index in [4.69, 9.17) is 9.84 Å². The molecule has 0 fully saturated rings. The third-order valence-corrected chi connectivity index (χ3v) is 2.96. The van der Waals surface area contributed by atoms with Crippen molar-refractivity contribution in [3.8, 4) is 0 Å². The Morgan fingerprint density at radius 3 is 2.76 bits per heavy atom. The summed E-state index contributed by atoms with van der Waals surface area (Å²) in [6.45, 7) is 6.92. The average Bonchev–Trinajstić information content (AvgIpc) is 2.80. The first-order chi connectivity index (χ1) is 9.90. The Hall–Kier alpha value is -1.85. The maximum atomic E-state index is 12.1. The van der Waals surface area contributed by atoms with Gasteiger partial charge in [0.2, 0.25) is 0 Å². The van der Waals surface area contributed by atoms with Gasteiger partial charge in [-0.1, -0.05) is 6.07 Å². The lowest BCUT2D eigenvalue weighted by Gasteiger charge is -2.19. The molecule has 0 bridgehead atoms. The zero-order valence-electron chi connectivity index (χ0n) is 12.7. The van der Waals surface area contributed by atoms with Crippen LogP contribution in [-0.4, -0.2) is 34.5 Å². The number of fused-ring (bicyclic) bond motifs is 1. The van der Waals surface area contributed by atoms with Crippen molar-refractivity contribution in [2.75, 3.05) is 13.2 Å². The second kappa shape index (κ2) is 6.28. The molecule has 5 heteroatoms. The second-order valence-corrected chi connectivity index (χ2v) is 5.96. The van der Waals surface area contributed by atoms with Crippen molar-refractivity contribution in [3.63, 3.8) is 0 Å². The van der Waals surface area contributed by atoms with Crippen molar-refractivity contribution in [1.82, 2.24) is 9.88 Å². The van der Waals surface area contributed by atoms with Crippen molar-refractivity contribution in [2.45, 2.75) is 32.9 Å². The monoisotopic (exact) mass is 290 g/mol. The quantitative estimate of drug-likeness (QED) is 0.849. The number of benzene rings is 1. The number of carbonyl (C=O) groups excluding carboxylic acids is 1. The van der Waals surface area contributed by atoms with Crippen LogP contribution >= 0.6 is 0 Å². The number of nitrogens with one attached hydrogen (secondary N) is 1. The fourth-order valence-corrected chi connectivity index (χ4v) is 2.08. The van der Waals surface area contributed by atoms with Crippen LogP contribution in [0.25, 0.3) is 10.9 Å². The topological polar surface area (TPSA) is 63.5 Å². The summed E-state index contributed by atoms with van der Waals surface area (Å²) < 4.78 is 6.90. The van der Waals surface area contributed by atoms with E-state index in [1.807, 2.05) is 45.0 Å². The minimum absolute atomic E-state index is 0.122. The molecular formula is C16H22N2O3. The van der Waals surface area contributed by atoms with E-state index >= 15 is 0 Å². The maximum Gasteiger partial charge on any atom is 0.418 e. The van der Waals surface area contributed by atoms with Gasteiger partial charge in [-0.3, -0.25) is 4.57 Å². The molecule has 0 saturated heterocycles. The number of rotatable bonds is 4. The summed E-state index contributed by atoms with van der Waals surface area (Å²) >= 11 is 0. The molecule has 0 aliphatic rings. The molecule has 21 heavy (non-hydrogen) atoms. The highest BCUT2D eigenvalue weighted by Gasteiger charge is 2.18. The molecule has 1 aromatic carbocycles. The number of hydrogen-bond donors (Lipinski definition) is 2. The molecule has 1 heterocycles. The predicted octanol–water partition coefficient (Wildman–Crippen LogP) is 2.51. The van der Waals surface area contributed by atoms with Crippen LogP contribution in [0.4, 0.5) is 4.79 Å². The smallest absolute Gasteiger partial charge is 0.418 e. The van der Waals surface area contributed by atoms with Gasteiger partial charge in [0, 0.05) is 24.7 Å². The highest BCUT2D eigenvalue weighted by molar-refractivity contribution is 5.89.